The van der Waals surface area contributed by atoms with Crippen LogP contribution in [0.5, 0.6) is 11.5 Å². The van der Waals surface area contributed by atoms with Crippen LogP contribution in [-0.4, -0.2) is 45.8 Å². The molecule has 5 rings (SSSR count). The van der Waals surface area contributed by atoms with E-state index in [-0.39, 0.29) is 23.2 Å². The quantitative estimate of drug-likeness (QED) is 0.136. The van der Waals surface area contributed by atoms with Gasteiger partial charge < -0.3 is 30.0 Å². The van der Waals surface area contributed by atoms with Gasteiger partial charge in [-0.2, -0.15) is 0 Å². The van der Waals surface area contributed by atoms with Crippen molar-refractivity contribution < 1.29 is 18.7 Å². The number of aromatic nitrogens is 3. The lowest BCUT2D eigenvalue weighted by molar-refractivity contribution is -0.119. The number of nitrogens with one attached hydrogen (secondary N) is 3. The third kappa shape index (κ3) is 7.15. The molecule has 0 unspecified atom stereocenters. The average molecular weight is 605 g/mol. The Morgan fingerprint density at radius 1 is 1.10 bits per heavy atom. The number of fused-ring (bicyclic) bond motifs is 1. The highest BCUT2D eigenvalue weighted by Crippen LogP contribution is 2.39. The van der Waals surface area contributed by atoms with E-state index in [9.17, 15) is 4.79 Å². The highest BCUT2D eigenvalue weighted by Gasteiger charge is 2.17. The standard InChI is InChI=1S/C30H29FN6O3S2/c1-37-21(17-32-12-13-39-2)18-34-29(37)26-16-23-28(42-26)25(10-11-33-23)40-24-9-8-20(15-22(24)31)35-30(41)36-27(38)14-19-6-4-3-5-7-19/h3-11,15-16,18,32H,12-14,17H2,1-2H3,(H2,35,36,38,41). The van der Waals surface area contributed by atoms with Crippen LogP contribution < -0.4 is 20.7 Å². The predicted molar refractivity (Wildman–Crippen MR) is 166 cm³/mol. The Labute approximate surface area is 251 Å². The Morgan fingerprint density at radius 2 is 1.93 bits per heavy atom. The number of benzene rings is 2. The summed E-state index contributed by atoms with van der Waals surface area (Å²) >= 11 is 6.71. The van der Waals surface area contributed by atoms with Gasteiger partial charge in [0.2, 0.25) is 5.91 Å². The molecule has 3 heterocycles. The van der Waals surface area contributed by atoms with Crippen molar-refractivity contribution in [1.29, 1.82) is 0 Å². The number of carbonyl (C=O) groups is 1. The zero-order valence-corrected chi connectivity index (χ0v) is 24.7. The van der Waals surface area contributed by atoms with Crippen LogP contribution in [-0.2, 0) is 29.5 Å². The molecule has 0 aliphatic heterocycles. The van der Waals surface area contributed by atoms with E-state index in [1.807, 2.05) is 54.2 Å². The Bertz CT molecular complexity index is 1710. The van der Waals surface area contributed by atoms with Gasteiger partial charge in [0.15, 0.2) is 16.7 Å². The van der Waals surface area contributed by atoms with Crippen molar-refractivity contribution in [2.24, 2.45) is 7.05 Å². The number of methoxy groups -OCH3 is 1. The fraction of sp³-hybridized carbons (Fsp3) is 0.200. The van der Waals surface area contributed by atoms with Crippen molar-refractivity contribution in [3.8, 4) is 22.2 Å². The van der Waals surface area contributed by atoms with Gasteiger partial charge in [-0.25, -0.2) is 9.37 Å². The molecule has 5 aromatic rings. The molecule has 9 nitrogen and oxygen atoms in total. The van der Waals surface area contributed by atoms with Gasteiger partial charge in [-0.1, -0.05) is 30.3 Å². The summed E-state index contributed by atoms with van der Waals surface area (Å²) in [6, 6.07) is 17.4. The number of thiocarbonyl (C=S) groups is 1. The van der Waals surface area contributed by atoms with E-state index in [2.05, 4.69) is 25.9 Å². The number of rotatable bonds is 11. The lowest BCUT2D eigenvalue weighted by atomic mass is 10.1. The minimum Gasteiger partial charge on any atom is -0.453 e. The zero-order chi connectivity index (χ0) is 29.5. The minimum absolute atomic E-state index is 0.0449. The Balaban J connectivity index is 1.25. The van der Waals surface area contributed by atoms with E-state index < -0.39 is 5.82 Å². The maximum atomic E-state index is 15.1. The molecule has 0 fully saturated rings. The van der Waals surface area contributed by atoms with Crippen LogP contribution in [0.4, 0.5) is 10.1 Å². The summed E-state index contributed by atoms with van der Waals surface area (Å²) in [4.78, 5) is 22.3. The number of hydrogen-bond acceptors (Lipinski definition) is 8. The van der Waals surface area contributed by atoms with Crippen molar-refractivity contribution in [1.82, 2.24) is 25.2 Å². The first-order chi connectivity index (χ1) is 20.4. The topological polar surface area (TPSA) is 102 Å². The van der Waals surface area contributed by atoms with E-state index in [0.29, 0.717) is 24.6 Å². The van der Waals surface area contributed by atoms with Gasteiger partial charge in [0, 0.05) is 51.3 Å². The van der Waals surface area contributed by atoms with E-state index in [1.165, 1.54) is 23.5 Å². The monoisotopic (exact) mass is 604 g/mol. The lowest BCUT2D eigenvalue weighted by Crippen LogP contribution is -2.35. The van der Waals surface area contributed by atoms with Crippen LogP contribution in [0.2, 0.25) is 0 Å². The molecule has 0 saturated heterocycles. The molecule has 42 heavy (non-hydrogen) atoms. The second-order valence-corrected chi connectivity index (χ2v) is 10.8. The number of carbonyl (C=O) groups excluding carboxylic acids is 1. The highest BCUT2D eigenvalue weighted by molar-refractivity contribution is 7.80. The fourth-order valence-electron chi connectivity index (χ4n) is 4.23. The van der Waals surface area contributed by atoms with E-state index in [0.717, 1.165) is 38.7 Å². The predicted octanol–water partition coefficient (Wildman–Crippen LogP) is 5.42. The van der Waals surface area contributed by atoms with Gasteiger partial charge >= 0.3 is 0 Å². The maximum absolute atomic E-state index is 15.1. The molecule has 0 spiro atoms. The summed E-state index contributed by atoms with van der Waals surface area (Å²) in [5, 5.41) is 8.86. The van der Waals surface area contributed by atoms with Crippen LogP contribution >= 0.6 is 23.6 Å². The summed E-state index contributed by atoms with van der Waals surface area (Å²) in [6.45, 7) is 2.05. The molecular formula is C30H29FN6O3S2. The second kappa shape index (κ2) is 13.6. The van der Waals surface area contributed by atoms with Gasteiger partial charge in [0.05, 0.1) is 40.0 Å². The molecule has 1 amide bonds. The molecule has 2 aromatic carbocycles. The first-order valence-electron chi connectivity index (χ1n) is 13.1. The van der Waals surface area contributed by atoms with Crippen LogP contribution in [0.15, 0.2) is 73.1 Å². The number of hydrogen-bond donors (Lipinski definition) is 3. The second-order valence-electron chi connectivity index (χ2n) is 9.35. The number of ether oxygens (including phenoxy) is 2. The molecule has 0 aliphatic carbocycles. The molecule has 216 valence electrons. The fourth-order valence-corrected chi connectivity index (χ4v) is 5.56. The number of anilines is 1. The Morgan fingerprint density at radius 3 is 2.71 bits per heavy atom. The number of halogens is 1. The average Bonchev–Trinajstić information content (AvgIpc) is 3.56. The molecule has 3 N–H and O–H groups in total. The number of nitrogens with zero attached hydrogens (tertiary/aromatic N) is 3. The van der Waals surface area contributed by atoms with Gasteiger partial charge in [-0.05, 0) is 36.0 Å². The summed E-state index contributed by atoms with van der Waals surface area (Å²) in [5.74, 6) is 0.478. The maximum Gasteiger partial charge on any atom is 0.230 e. The molecule has 0 bridgehead atoms. The molecule has 3 aromatic heterocycles. The van der Waals surface area contributed by atoms with E-state index in [4.69, 9.17) is 21.7 Å². The summed E-state index contributed by atoms with van der Waals surface area (Å²) < 4.78 is 29.0. The third-order valence-corrected chi connectivity index (χ3v) is 7.68. The van der Waals surface area contributed by atoms with Crippen molar-refractivity contribution in [3.05, 3.63) is 90.1 Å². The van der Waals surface area contributed by atoms with Crippen LogP contribution in [0.25, 0.3) is 20.9 Å². The van der Waals surface area contributed by atoms with Gasteiger partial charge in [-0.3, -0.25) is 9.78 Å². The van der Waals surface area contributed by atoms with Gasteiger partial charge in [0.1, 0.15) is 11.6 Å². The number of amides is 1. The summed E-state index contributed by atoms with van der Waals surface area (Å²) in [6.07, 6.45) is 3.65. The number of pyridine rings is 1. The summed E-state index contributed by atoms with van der Waals surface area (Å²) in [5.41, 5.74) is 3.01. The Kier molecular flexibility index (Phi) is 9.49. The SMILES string of the molecule is COCCNCc1cnc(-c2cc3nccc(Oc4ccc(NC(=S)NC(=O)Cc5ccccc5)cc4F)c3s2)n1C. The highest BCUT2D eigenvalue weighted by atomic mass is 32.1. The first-order valence-corrected chi connectivity index (χ1v) is 14.3. The van der Waals surface area contributed by atoms with Crippen LogP contribution in [0.3, 0.4) is 0 Å². The van der Waals surface area contributed by atoms with E-state index >= 15 is 4.39 Å². The third-order valence-electron chi connectivity index (χ3n) is 6.34. The normalized spacial score (nSPS) is 11.0. The van der Waals surface area contributed by atoms with Crippen LogP contribution in [0.1, 0.15) is 11.3 Å². The molecule has 0 atom stereocenters. The van der Waals surface area contributed by atoms with Crippen molar-refractivity contribution in [2.75, 3.05) is 25.6 Å². The number of imidazole rings is 1. The largest absolute Gasteiger partial charge is 0.453 e. The molecule has 0 saturated carbocycles. The zero-order valence-electron chi connectivity index (χ0n) is 23.0. The summed E-state index contributed by atoms with van der Waals surface area (Å²) in [7, 11) is 3.64. The Hall–Kier alpha value is -4.23. The molecule has 0 radical (unpaired) electrons. The van der Waals surface area contributed by atoms with Crippen LogP contribution in [0, 0.1) is 5.82 Å². The lowest BCUT2D eigenvalue weighted by Gasteiger charge is -2.12. The first kappa shape index (κ1) is 29.3. The van der Waals surface area contributed by atoms with Crippen molar-refractivity contribution in [3.63, 3.8) is 0 Å². The van der Waals surface area contributed by atoms with Crippen molar-refractivity contribution in [2.45, 2.75) is 13.0 Å². The molecule has 0 aliphatic rings. The van der Waals surface area contributed by atoms with Gasteiger partial charge in [0.25, 0.3) is 0 Å². The van der Waals surface area contributed by atoms with Crippen molar-refractivity contribution >= 4 is 50.5 Å². The van der Waals surface area contributed by atoms with Gasteiger partial charge in [-0.15, -0.1) is 11.3 Å². The minimum atomic E-state index is -0.588. The smallest absolute Gasteiger partial charge is 0.230 e. The molecular weight excluding hydrogens is 576 g/mol. The number of thiophene rings is 1. The van der Waals surface area contributed by atoms with E-state index in [1.54, 1.807) is 25.4 Å². The molecule has 12 heteroatoms.